The molecule has 1 rings (SSSR count). The van der Waals surface area contributed by atoms with Gasteiger partial charge in [-0.2, -0.15) is 5.10 Å². The zero-order chi connectivity index (χ0) is 10.8. The lowest BCUT2D eigenvalue weighted by molar-refractivity contribution is -0.149. The minimum atomic E-state index is -0.935. The molecule has 78 valence electrons. The van der Waals surface area contributed by atoms with Crippen molar-refractivity contribution in [2.45, 2.75) is 26.2 Å². The minimum Gasteiger partial charge on any atom is -0.465 e. The summed E-state index contributed by atoms with van der Waals surface area (Å²) in [5.41, 5.74) is -1.37. The van der Waals surface area contributed by atoms with Crippen LogP contribution >= 0.6 is 0 Å². The van der Waals surface area contributed by atoms with Gasteiger partial charge in [-0.05, 0) is 20.8 Å². The van der Waals surface area contributed by atoms with Crippen molar-refractivity contribution in [3.8, 4) is 0 Å². The molecule has 0 atom stereocenters. The maximum absolute atomic E-state index is 11.5. The molecule has 0 radical (unpaired) electrons. The first-order valence-corrected chi connectivity index (χ1v) is 4.31. The molecule has 0 aromatic carbocycles. The Hall–Kier alpha value is -1.59. The fraction of sp³-hybridized carbons (Fsp3) is 0.625. The standard InChI is InChI=1S/C8H13N3O3/c1-4-14-6(12)8(2,3)5-9-7(13)11-10-5/h4H2,1-3H3,(H2,9,10,11,13). The van der Waals surface area contributed by atoms with E-state index in [4.69, 9.17) is 4.74 Å². The second-order valence-corrected chi connectivity index (χ2v) is 3.37. The molecule has 0 aliphatic heterocycles. The fourth-order valence-corrected chi connectivity index (χ4v) is 0.974. The van der Waals surface area contributed by atoms with Crippen LogP contribution in [0.4, 0.5) is 0 Å². The third kappa shape index (κ3) is 1.84. The Labute approximate surface area is 80.7 Å². The third-order valence-corrected chi connectivity index (χ3v) is 1.88. The molecule has 0 unspecified atom stereocenters. The number of H-pyrrole nitrogens is 2. The number of ether oxygens (including phenoxy) is 1. The van der Waals surface area contributed by atoms with Crippen molar-refractivity contribution in [2.24, 2.45) is 0 Å². The van der Waals surface area contributed by atoms with Crippen molar-refractivity contribution in [1.29, 1.82) is 0 Å². The summed E-state index contributed by atoms with van der Waals surface area (Å²) in [6.45, 7) is 5.30. The van der Waals surface area contributed by atoms with Gasteiger partial charge in [0.1, 0.15) is 11.2 Å². The molecule has 6 nitrogen and oxygen atoms in total. The maximum atomic E-state index is 11.5. The number of hydrogen-bond acceptors (Lipinski definition) is 4. The first-order valence-electron chi connectivity index (χ1n) is 4.31. The van der Waals surface area contributed by atoms with Gasteiger partial charge in [0.05, 0.1) is 6.61 Å². The second-order valence-electron chi connectivity index (χ2n) is 3.37. The molecular weight excluding hydrogens is 186 g/mol. The quantitative estimate of drug-likeness (QED) is 0.667. The van der Waals surface area contributed by atoms with Crippen molar-refractivity contribution < 1.29 is 9.53 Å². The van der Waals surface area contributed by atoms with Crippen molar-refractivity contribution in [2.75, 3.05) is 6.61 Å². The summed E-state index contributed by atoms with van der Waals surface area (Å²) >= 11 is 0. The molecule has 2 N–H and O–H groups in total. The largest absolute Gasteiger partial charge is 0.465 e. The van der Waals surface area contributed by atoms with Gasteiger partial charge in [0.15, 0.2) is 0 Å². The van der Waals surface area contributed by atoms with Crippen LogP contribution in [0.25, 0.3) is 0 Å². The van der Waals surface area contributed by atoms with E-state index >= 15 is 0 Å². The molecule has 0 fully saturated rings. The van der Waals surface area contributed by atoms with E-state index in [1.165, 1.54) is 0 Å². The lowest BCUT2D eigenvalue weighted by Crippen LogP contribution is -2.32. The highest BCUT2D eigenvalue weighted by Crippen LogP contribution is 2.19. The van der Waals surface area contributed by atoms with Gasteiger partial charge in [0.25, 0.3) is 0 Å². The zero-order valence-corrected chi connectivity index (χ0v) is 8.38. The number of rotatable bonds is 3. The van der Waals surface area contributed by atoms with Crippen molar-refractivity contribution in [3.05, 3.63) is 16.3 Å². The highest BCUT2D eigenvalue weighted by Gasteiger charge is 2.34. The number of nitrogens with one attached hydrogen (secondary N) is 2. The topological polar surface area (TPSA) is 87.8 Å². The van der Waals surface area contributed by atoms with Gasteiger partial charge in [0, 0.05) is 0 Å². The van der Waals surface area contributed by atoms with Gasteiger partial charge in [-0.25, -0.2) is 9.89 Å². The van der Waals surface area contributed by atoms with Gasteiger partial charge in [0.2, 0.25) is 0 Å². The summed E-state index contributed by atoms with van der Waals surface area (Å²) in [5, 5.41) is 5.90. The Kier molecular flexibility index (Phi) is 2.73. The summed E-state index contributed by atoms with van der Waals surface area (Å²) in [6, 6.07) is 0. The van der Waals surface area contributed by atoms with Crippen LogP contribution in [-0.4, -0.2) is 27.8 Å². The smallest absolute Gasteiger partial charge is 0.340 e. The summed E-state index contributed by atoms with van der Waals surface area (Å²) < 4.78 is 4.86. The molecular formula is C8H13N3O3. The molecule has 0 spiro atoms. The van der Waals surface area contributed by atoms with E-state index in [-0.39, 0.29) is 5.82 Å². The van der Waals surface area contributed by atoms with Gasteiger partial charge in [-0.1, -0.05) is 0 Å². The van der Waals surface area contributed by atoms with E-state index in [1.54, 1.807) is 20.8 Å². The highest BCUT2D eigenvalue weighted by atomic mass is 16.5. The predicted octanol–water partition coefficient (Wildman–Crippen LogP) is -0.0613. The SMILES string of the molecule is CCOC(=O)C(C)(C)c1n[nH]c(=O)[nH]1. The van der Waals surface area contributed by atoms with E-state index in [0.29, 0.717) is 6.61 Å². The molecule has 1 aromatic rings. The highest BCUT2D eigenvalue weighted by molar-refractivity contribution is 5.80. The molecule has 0 aliphatic rings. The monoisotopic (exact) mass is 199 g/mol. The summed E-state index contributed by atoms with van der Waals surface area (Å²) in [6.07, 6.45) is 0. The first kappa shape index (κ1) is 10.5. The number of esters is 1. The average Bonchev–Trinajstić information content (AvgIpc) is 2.52. The van der Waals surface area contributed by atoms with E-state index in [0.717, 1.165) is 0 Å². The summed E-state index contributed by atoms with van der Waals surface area (Å²) in [5.74, 6) is -0.135. The third-order valence-electron chi connectivity index (χ3n) is 1.88. The van der Waals surface area contributed by atoms with Crippen molar-refractivity contribution in [3.63, 3.8) is 0 Å². The Morgan fingerprint density at radius 3 is 2.64 bits per heavy atom. The Balaban J connectivity index is 2.95. The number of nitrogens with zero attached hydrogens (tertiary/aromatic N) is 1. The minimum absolute atomic E-state index is 0.279. The fourth-order valence-electron chi connectivity index (χ4n) is 0.974. The normalized spacial score (nSPS) is 11.4. The van der Waals surface area contributed by atoms with Crippen LogP contribution in [-0.2, 0) is 14.9 Å². The number of aromatic nitrogens is 3. The van der Waals surface area contributed by atoms with Crippen LogP contribution in [0, 0.1) is 0 Å². The molecule has 0 amide bonds. The lowest BCUT2D eigenvalue weighted by atomic mass is 9.93. The Morgan fingerprint density at radius 2 is 2.21 bits per heavy atom. The first-order chi connectivity index (χ1) is 6.48. The number of aromatic amines is 2. The molecule has 0 saturated heterocycles. The van der Waals surface area contributed by atoms with Crippen LogP contribution in [0.1, 0.15) is 26.6 Å². The Morgan fingerprint density at radius 1 is 1.57 bits per heavy atom. The molecule has 0 saturated carbocycles. The van der Waals surface area contributed by atoms with E-state index < -0.39 is 17.1 Å². The van der Waals surface area contributed by atoms with Crippen LogP contribution in [0.2, 0.25) is 0 Å². The predicted molar refractivity (Wildman–Crippen MR) is 48.9 cm³/mol. The van der Waals surface area contributed by atoms with Crippen molar-refractivity contribution in [1.82, 2.24) is 15.2 Å². The van der Waals surface area contributed by atoms with Crippen LogP contribution in [0.3, 0.4) is 0 Å². The zero-order valence-electron chi connectivity index (χ0n) is 8.38. The maximum Gasteiger partial charge on any atom is 0.340 e. The molecule has 1 heterocycles. The number of carbonyl (C=O) groups excluding carboxylic acids is 1. The van der Waals surface area contributed by atoms with Crippen molar-refractivity contribution >= 4 is 5.97 Å². The molecule has 6 heteroatoms. The summed E-state index contributed by atoms with van der Waals surface area (Å²) in [4.78, 5) is 24.7. The molecule has 0 aliphatic carbocycles. The van der Waals surface area contributed by atoms with Crippen LogP contribution < -0.4 is 5.69 Å². The van der Waals surface area contributed by atoms with E-state index in [2.05, 4.69) is 15.2 Å². The molecule has 1 aromatic heterocycles. The molecule has 0 bridgehead atoms. The van der Waals surface area contributed by atoms with Gasteiger partial charge < -0.3 is 4.74 Å². The van der Waals surface area contributed by atoms with Crippen LogP contribution in [0.15, 0.2) is 4.79 Å². The van der Waals surface area contributed by atoms with Gasteiger partial charge >= 0.3 is 11.7 Å². The number of carbonyl (C=O) groups is 1. The van der Waals surface area contributed by atoms with Gasteiger partial charge in [-0.3, -0.25) is 9.78 Å². The average molecular weight is 199 g/mol. The number of hydrogen-bond donors (Lipinski definition) is 2. The lowest BCUT2D eigenvalue weighted by Gasteiger charge is -2.18. The van der Waals surface area contributed by atoms with Crippen LogP contribution in [0.5, 0.6) is 0 Å². The van der Waals surface area contributed by atoms with E-state index in [1.807, 2.05) is 0 Å². The van der Waals surface area contributed by atoms with E-state index in [9.17, 15) is 9.59 Å². The molecule has 14 heavy (non-hydrogen) atoms. The summed E-state index contributed by atoms with van der Waals surface area (Å²) in [7, 11) is 0. The second kappa shape index (κ2) is 3.65. The van der Waals surface area contributed by atoms with Gasteiger partial charge in [-0.15, -0.1) is 0 Å². The Bertz CT molecular complexity index is 377.